The quantitative estimate of drug-likeness (QED) is 0.815. The van der Waals surface area contributed by atoms with E-state index in [2.05, 4.69) is 11.4 Å². The van der Waals surface area contributed by atoms with Crippen molar-refractivity contribution in [3.63, 3.8) is 0 Å². The van der Waals surface area contributed by atoms with Crippen LogP contribution in [0.5, 0.6) is 5.75 Å². The molecule has 0 aromatic heterocycles. The van der Waals surface area contributed by atoms with Gasteiger partial charge in [-0.05, 0) is 6.07 Å². The molecule has 15 heavy (non-hydrogen) atoms. The van der Waals surface area contributed by atoms with Crippen LogP contribution < -0.4 is 10.1 Å². The lowest BCUT2D eigenvalue weighted by Gasteiger charge is -2.09. The number of benzene rings is 1. The maximum Gasteiger partial charge on any atom is 0.219 e. The maximum atomic E-state index is 11.1. The highest BCUT2D eigenvalue weighted by molar-refractivity contribution is 5.75. The van der Waals surface area contributed by atoms with Crippen molar-refractivity contribution < 1.29 is 9.53 Å². The van der Waals surface area contributed by atoms with Gasteiger partial charge in [-0.3, -0.25) is 4.79 Å². The van der Waals surface area contributed by atoms with Crippen molar-refractivity contribution in [2.45, 2.75) is 19.3 Å². The fourth-order valence-corrected chi connectivity index (χ4v) is 1.76. The summed E-state index contributed by atoms with van der Waals surface area (Å²) in [5.41, 5.74) is 1.20. The van der Waals surface area contributed by atoms with Crippen molar-refractivity contribution in [2.24, 2.45) is 0 Å². The summed E-state index contributed by atoms with van der Waals surface area (Å²) in [6.07, 6.45) is 0.537. The predicted octanol–water partition coefficient (Wildman–Crippen LogP) is 1.69. The first-order chi connectivity index (χ1) is 7.31. The topological polar surface area (TPSA) is 38.3 Å². The highest BCUT2D eigenvalue weighted by Gasteiger charge is 2.23. The summed E-state index contributed by atoms with van der Waals surface area (Å²) < 4.78 is 5.53. The third kappa shape index (κ3) is 2.12. The second kappa shape index (κ2) is 4.34. The number of nitrogens with one attached hydrogen (secondary N) is 1. The van der Waals surface area contributed by atoms with E-state index < -0.39 is 0 Å². The summed E-state index contributed by atoms with van der Waals surface area (Å²) in [5.74, 6) is 1.35. The number of carbonyl (C=O) groups is 1. The Kier molecular flexibility index (Phi) is 2.90. The first-order valence-corrected chi connectivity index (χ1v) is 5.29. The van der Waals surface area contributed by atoms with Gasteiger partial charge in [-0.25, -0.2) is 0 Å². The van der Waals surface area contributed by atoms with E-state index in [9.17, 15) is 4.79 Å². The van der Waals surface area contributed by atoms with E-state index >= 15 is 0 Å². The molecule has 0 fully saturated rings. The van der Waals surface area contributed by atoms with Crippen molar-refractivity contribution in [1.29, 1.82) is 0 Å². The SMILES string of the molecule is CCC(=O)NCC1COc2ccccc21. The zero-order chi connectivity index (χ0) is 10.7. The molecular weight excluding hydrogens is 190 g/mol. The smallest absolute Gasteiger partial charge is 0.219 e. The molecule has 0 saturated heterocycles. The molecule has 1 aromatic rings. The minimum Gasteiger partial charge on any atom is -0.493 e. The van der Waals surface area contributed by atoms with Gasteiger partial charge in [0.25, 0.3) is 0 Å². The molecule has 1 N–H and O–H groups in total. The Bertz CT molecular complexity index is 362. The van der Waals surface area contributed by atoms with Crippen LogP contribution in [0.1, 0.15) is 24.8 Å². The van der Waals surface area contributed by atoms with E-state index in [-0.39, 0.29) is 5.91 Å². The van der Waals surface area contributed by atoms with E-state index in [1.54, 1.807) is 0 Å². The van der Waals surface area contributed by atoms with Crippen LogP contribution in [0.2, 0.25) is 0 Å². The number of fused-ring (bicyclic) bond motifs is 1. The van der Waals surface area contributed by atoms with Gasteiger partial charge in [0, 0.05) is 24.4 Å². The van der Waals surface area contributed by atoms with Gasteiger partial charge in [0.05, 0.1) is 6.61 Å². The molecule has 3 heteroatoms. The van der Waals surface area contributed by atoms with E-state index in [1.807, 2.05) is 25.1 Å². The molecular formula is C12H15NO2. The van der Waals surface area contributed by atoms with Crippen LogP contribution in [0.15, 0.2) is 24.3 Å². The van der Waals surface area contributed by atoms with Gasteiger partial charge in [0.15, 0.2) is 0 Å². The minimum atomic E-state index is 0.0966. The summed E-state index contributed by atoms with van der Waals surface area (Å²) in [7, 11) is 0. The normalized spacial score (nSPS) is 18.1. The van der Waals surface area contributed by atoms with Gasteiger partial charge in [-0.2, -0.15) is 0 Å². The van der Waals surface area contributed by atoms with Crippen LogP contribution in [0.4, 0.5) is 0 Å². The predicted molar refractivity (Wildman–Crippen MR) is 58.0 cm³/mol. The van der Waals surface area contributed by atoms with Gasteiger partial charge in [-0.1, -0.05) is 25.1 Å². The van der Waals surface area contributed by atoms with Crippen LogP contribution in [-0.2, 0) is 4.79 Å². The monoisotopic (exact) mass is 205 g/mol. The molecule has 80 valence electrons. The number of ether oxygens (including phenoxy) is 1. The van der Waals surface area contributed by atoms with Crippen molar-refractivity contribution in [2.75, 3.05) is 13.2 Å². The third-order valence-electron chi connectivity index (χ3n) is 2.67. The Labute approximate surface area is 89.4 Å². The molecule has 0 saturated carbocycles. The molecule has 1 aliphatic heterocycles. The first kappa shape index (κ1) is 10.0. The highest BCUT2D eigenvalue weighted by Crippen LogP contribution is 2.32. The van der Waals surface area contributed by atoms with Crippen molar-refractivity contribution in [3.8, 4) is 5.75 Å². The summed E-state index contributed by atoms with van der Waals surface area (Å²) in [6.45, 7) is 3.20. The van der Waals surface area contributed by atoms with Crippen molar-refractivity contribution in [1.82, 2.24) is 5.32 Å². The fraction of sp³-hybridized carbons (Fsp3) is 0.417. The molecule has 1 amide bonds. The van der Waals surface area contributed by atoms with Gasteiger partial charge in [-0.15, -0.1) is 0 Å². The lowest BCUT2D eigenvalue weighted by Crippen LogP contribution is -2.28. The first-order valence-electron chi connectivity index (χ1n) is 5.29. The largest absolute Gasteiger partial charge is 0.493 e. The van der Waals surface area contributed by atoms with Crippen molar-refractivity contribution in [3.05, 3.63) is 29.8 Å². The number of carbonyl (C=O) groups excluding carboxylic acids is 1. The molecule has 0 radical (unpaired) electrons. The van der Waals surface area contributed by atoms with Gasteiger partial charge < -0.3 is 10.1 Å². The Morgan fingerprint density at radius 3 is 3.13 bits per heavy atom. The molecule has 1 heterocycles. The molecule has 1 aromatic carbocycles. The zero-order valence-electron chi connectivity index (χ0n) is 8.82. The number of hydrogen-bond donors (Lipinski definition) is 1. The van der Waals surface area contributed by atoms with Gasteiger partial charge in [0.1, 0.15) is 5.75 Å². The summed E-state index contributed by atoms with van der Waals surface area (Å²) in [6, 6.07) is 8.00. The van der Waals surface area contributed by atoms with E-state index in [0.717, 1.165) is 5.75 Å². The van der Waals surface area contributed by atoms with Gasteiger partial charge in [0.2, 0.25) is 5.91 Å². The second-order valence-corrected chi connectivity index (χ2v) is 3.70. The Morgan fingerprint density at radius 2 is 2.33 bits per heavy atom. The van der Waals surface area contributed by atoms with Gasteiger partial charge >= 0.3 is 0 Å². The molecule has 2 rings (SSSR count). The minimum absolute atomic E-state index is 0.0966. The maximum absolute atomic E-state index is 11.1. The summed E-state index contributed by atoms with van der Waals surface area (Å²) in [4.78, 5) is 11.1. The standard InChI is InChI=1S/C12H15NO2/c1-2-12(14)13-7-9-8-15-11-6-4-3-5-10(9)11/h3-6,9H,2,7-8H2,1H3,(H,13,14). The van der Waals surface area contributed by atoms with Crippen LogP contribution in [0.25, 0.3) is 0 Å². The number of amides is 1. The van der Waals surface area contributed by atoms with Crippen LogP contribution >= 0.6 is 0 Å². The Balaban J connectivity index is 1.99. The van der Waals surface area contributed by atoms with Crippen LogP contribution in [0, 0.1) is 0 Å². The third-order valence-corrected chi connectivity index (χ3v) is 2.67. The summed E-state index contributed by atoms with van der Waals surface area (Å²) >= 11 is 0. The molecule has 3 nitrogen and oxygen atoms in total. The Morgan fingerprint density at radius 1 is 1.53 bits per heavy atom. The van der Waals surface area contributed by atoms with E-state index in [1.165, 1.54) is 5.56 Å². The molecule has 1 aliphatic rings. The van der Waals surface area contributed by atoms with E-state index in [4.69, 9.17) is 4.74 Å². The zero-order valence-corrected chi connectivity index (χ0v) is 8.82. The van der Waals surface area contributed by atoms with Crippen molar-refractivity contribution >= 4 is 5.91 Å². The molecule has 0 spiro atoms. The highest BCUT2D eigenvalue weighted by atomic mass is 16.5. The average Bonchev–Trinajstić information content (AvgIpc) is 2.69. The lowest BCUT2D eigenvalue weighted by atomic mass is 10.0. The van der Waals surface area contributed by atoms with Crippen LogP contribution in [0.3, 0.4) is 0 Å². The number of rotatable bonds is 3. The second-order valence-electron chi connectivity index (χ2n) is 3.70. The fourth-order valence-electron chi connectivity index (χ4n) is 1.76. The van der Waals surface area contributed by atoms with E-state index in [0.29, 0.717) is 25.5 Å². The number of hydrogen-bond acceptors (Lipinski definition) is 2. The number of para-hydroxylation sites is 1. The average molecular weight is 205 g/mol. The summed E-state index contributed by atoms with van der Waals surface area (Å²) in [5, 5.41) is 2.90. The lowest BCUT2D eigenvalue weighted by molar-refractivity contribution is -0.120. The molecule has 1 unspecified atom stereocenters. The molecule has 1 atom stereocenters. The van der Waals surface area contributed by atoms with Crippen LogP contribution in [-0.4, -0.2) is 19.1 Å². The molecule has 0 bridgehead atoms. The molecule has 0 aliphatic carbocycles. The Hall–Kier alpha value is -1.51.